The molecule has 0 fully saturated rings. The van der Waals surface area contributed by atoms with Crippen LogP contribution >= 0.6 is 0 Å². The third kappa shape index (κ3) is 1.77. The molecular weight excluding hydrogens is 144 g/mol. The van der Waals surface area contributed by atoms with E-state index in [4.69, 9.17) is 4.52 Å². The first-order chi connectivity index (χ1) is 5.11. The molecule has 0 aliphatic rings. The molecule has 0 aliphatic carbocycles. The van der Waals surface area contributed by atoms with E-state index >= 15 is 0 Å². The standard InChI is InChI=1S/C7H12N2O2/c1-4(2)6(10)7-8-5(3)11-9-7/h4,6,10H,1-3H3. The second kappa shape index (κ2) is 3.00. The van der Waals surface area contributed by atoms with E-state index in [1.54, 1.807) is 6.92 Å². The van der Waals surface area contributed by atoms with Crippen LogP contribution in [0.25, 0.3) is 0 Å². The van der Waals surface area contributed by atoms with Crippen molar-refractivity contribution >= 4 is 0 Å². The molecule has 62 valence electrons. The van der Waals surface area contributed by atoms with Crippen LogP contribution in [-0.2, 0) is 0 Å². The predicted octanol–water partition coefficient (Wildman–Crippen LogP) is 1.07. The first-order valence-corrected chi connectivity index (χ1v) is 3.59. The topological polar surface area (TPSA) is 59.2 Å². The SMILES string of the molecule is Cc1nc(C(O)C(C)C)no1. The lowest BCUT2D eigenvalue weighted by Gasteiger charge is -2.08. The maximum atomic E-state index is 9.43. The molecule has 0 aromatic carbocycles. The van der Waals surface area contributed by atoms with Crippen molar-refractivity contribution in [3.8, 4) is 0 Å². The molecule has 0 saturated carbocycles. The Morgan fingerprint density at radius 3 is 2.45 bits per heavy atom. The highest BCUT2D eigenvalue weighted by atomic mass is 16.5. The largest absolute Gasteiger partial charge is 0.385 e. The zero-order valence-corrected chi connectivity index (χ0v) is 6.90. The lowest BCUT2D eigenvalue weighted by molar-refractivity contribution is 0.114. The van der Waals surface area contributed by atoms with Crippen LogP contribution in [0.4, 0.5) is 0 Å². The highest BCUT2D eigenvalue weighted by Crippen LogP contribution is 2.17. The number of rotatable bonds is 2. The number of aryl methyl sites for hydroxylation is 1. The molecular formula is C7H12N2O2. The average Bonchev–Trinajstić information content (AvgIpc) is 2.34. The van der Waals surface area contributed by atoms with Crippen molar-refractivity contribution in [2.24, 2.45) is 5.92 Å². The lowest BCUT2D eigenvalue weighted by atomic mass is 10.1. The molecule has 0 aliphatic heterocycles. The third-order valence-corrected chi connectivity index (χ3v) is 1.44. The van der Waals surface area contributed by atoms with Crippen LogP contribution < -0.4 is 0 Å². The van der Waals surface area contributed by atoms with E-state index in [2.05, 4.69) is 10.1 Å². The number of hydrogen-bond acceptors (Lipinski definition) is 4. The fraction of sp³-hybridized carbons (Fsp3) is 0.714. The van der Waals surface area contributed by atoms with Gasteiger partial charge in [0, 0.05) is 6.92 Å². The summed E-state index contributed by atoms with van der Waals surface area (Å²) < 4.78 is 4.71. The Morgan fingerprint density at radius 2 is 2.09 bits per heavy atom. The van der Waals surface area contributed by atoms with Gasteiger partial charge in [0.1, 0.15) is 6.10 Å². The number of hydrogen-bond donors (Lipinski definition) is 1. The fourth-order valence-corrected chi connectivity index (χ4v) is 0.733. The van der Waals surface area contributed by atoms with Gasteiger partial charge in [-0.15, -0.1) is 0 Å². The van der Waals surface area contributed by atoms with Gasteiger partial charge in [-0.3, -0.25) is 0 Å². The molecule has 0 spiro atoms. The van der Waals surface area contributed by atoms with Crippen molar-refractivity contribution < 1.29 is 9.63 Å². The summed E-state index contributed by atoms with van der Waals surface area (Å²) in [6.07, 6.45) is -0.618. The van der Waals surface area contributed by atoms with Crippen molar-refractivity contribution in [1.82, 2.24) is 10.1 Å². The summed E-state index contributed by atoms with van der Waals surface area (Å²) in [6.45, 7) is 5.50. The van der Waals surface area contributed by atoms with Gasteiger partial charge in [-0.2, -0.15) is 4.98 Å². The molecule has 1 rings (SSSR count). The predicted molar refractivity (Wildman–Crippen MR) is 38.8 cm³/mol. The Labute approximate surface area is 65.2 Å². The normalized spacial score (nSPS) is 13.9. The van der Waals surface area contributed by atoms with Gasteiger partial charge in [-0.25, -0.2) is 0 Å². The maximum Gasteiger partial charge on any atom is 0.223 e. The molecule has 4 nitrogen and oxygen atoms in total. The third-order valence-electron chi connectivity index (χ3n) is 1.44. The number of aliphatic hydroxyl groups excluding tert-OH is 1. The van der Waals surface area contributed by atoms with Crippen molar-refractivity contribution in [2.75, 3.05) is 0 Å². The summed E-state index contributed by atoms with van der Waals surface area (Å²) in [5, 5.41) is 13.0. The molecule has 0 radical (unpaired) electrons. The minimum atomic E-state index is -0.618. The van der Waals surface area contributed by atoms with Crippen LogP contribution in [0.3, 0.4) is 0 Å². The smallest absolute Gasteiger partial charge is 0.223 e. The molecule has 0 bridgehead atoms. The van der Waals surface area contributed by atoms with Crippen LogP contribution in [-0.4, -0.2) is 15.2 Å². The second-order valence-electron chi connectivity index (χ2n) is 2.86. The van der Waals surface area contributed by atoms with Crippen LogP contribution in [0.15, 0.2) is 4.52 Å². The summed E-state index contributed by atoms with van der Waals surface area (Å²) in [5.41, 5.74) is 0. The molecule has 1 aromatic heterocycles. The molecule has 1 heterocycles. The van der Waals surface area contributed by atoms with Crippen molar-refractivity contribution in [3.05, 3.63) is 11.7 Å². The van der Waals surface area contributed by atoms with Gasteiger partial charge in [0.15, 0.2) is 0 Å². The summed E-state index contributed by atoms with van der Waals surface area (Å²) in [5.74, 6) is 0.976. The highest BCUT2D eigenvalue weighted by Gasteiger charge is 2.17. The van der Waals surface area contributed by atoms with Crippen LogP contribution in [0, 0.1) is 12.8 Å². The van der Waals surface area contributed by atoms with Crippen LogP contribution in [0.1, 0.15) is 31.7 Å². The Bertz CT molecular complexity index is 232. The number of nitrogens with zero attached hydrogens (tertiary/aromatic N) is 2. The summed E-state index contributed by atoms with van der Waals surface area (Å²) >= 11 is 0. The van der Waals surface area contributed by atoms with E-state index in [9.17, 15) is 5.11 Å². The number of aromatic nitrogens is 2. The van der Waals surface area contributed by atoms with Crippen molar-refractivity contribution in [3.63, 3.8) is 0 Å². The lowest BCUT2D eigenvalue weighted by Crippen LogP contribution is -2.07. The molecule has 4 heteroatoms. The Balaban J connectivity index is 2.76. The van der Waals surface area contributed by atoms with Gasteiger partial charge in [0.05, 0.1) is 0 Å². The van der Waals surface area contributed by atoms with E-state index < -0.39 is 6.10 Å². The fourth-order valence-electron chi connectivity index (χ4n) is 0.733. The monoisotopic (exact) mass is 156 g/mol. The minimum absolute atomic E-state index is 0.118. The van der Waals surface area contributed by atoms with Crippen molar-refractivity contribution in [2.45, 2.75) is 26.9 Å². The van der Waals surface area contributed by atoms with Gasteiger partial charge in [0.25, 0.3) is 0 Å². The van der Waals surface area contributed by atoms with E-state index in [0.717, 1.165) is 0 Å². The average molecular weight is 156 g/mol. The minimum Gasteiger partial charge on any atom is -0.385 e. The molecule has 11 heavy (non-hydrogen) atoms. The quantitative estimate of drug-likeness (QED) is 0.695. The Hall–Kier alpha value is -0.900. The van der Waals surface area contributed by atoms with E-state index in [0.29, 0.717) is 11.7 Å². The molecule has 0 saturated heterocycles. The summed E-state index contributed by atoms with van der Waals surface area (Å²) in [6, 6.07) is 0. The zero-order valence-electron chi connectivity index (χ0n) is 6.90. The van der Waals surface area contributed by atoms with Crippen LogP contribution in [0.2, 0.25) is 0 Å². The van der Waals surface area contributed by atoms with E-state index in [1.807, 2.05) is 13.8 Å². The summed E-state index contributed by atoms with van der Waals surface area (Å²) in [7, 11) is 0. The first kappa shape index (κ1) is 8.20. The van der Waals surface area contributed by atoms with Gasteiger partial charge < -0.3 is 9.63 Å². The molecule has 1 N–H and O–H groups in total. The van der Waals surface area contributed by atoms with Gasteiger partial charge >= 0.3 is 0 Å². The number of aliphatic hydroxyl groups is 1. The van der Waals surface area contributed by atoms with E-state index in [1.165, 1.54) is 0 Å². The Morgan fingerprint density at radius 1 is 1.45 bits per heavy atom. The maximum absolute atomic E-state index is 9.43. The molecule has 1 aromatic rings. The molecule has 0 amide bonds. The summed E-state index contributed by atoms with van der Waals surface area (Å²) in [4.78, 5) is 3.90. The Kier molecular flexibility index (Phi) is 2.24. The molecule has 1 atom stereocenters. The highest BCUT2D eigenvalue weighted by molar-refractivity contribution is 4.89. The van der Waals surface area contributed by atoms with Crippen LogP contribution in [0.5, 0.6) is 0 Å². The zero-order chi connectivity index (χ0) is 8.43. The van der Waals surface area contributed by atoms with Gasteiger partial charge in [0.2, 0.25) is 11.7 Å². The van der Waals surface area contributed by atoms with Crippen molar-refractivity contribution in [1.29, 1.82) is 0 Å². The first-order valence-electron chi connectivity index (χ1n) is 3.59. The van der Waals surface area contributed by atoms with E-state index in [-0.39, 0.29) is 5.92 Å². The van der Waals surface area contributed by atoms with Gasteiger partial charge in [-0.1, -0.05) is 19.0 Å². The molecule has 1 unspecified atom stereocenters. The second-order valence-corrected chi connectivity index (χ2v) is 2.86. The van der Waals surface area contributed by atoms with Gasteiger partial charge in [-0.05, 0) is 5.92 Å².